The first kappa shape index (κ1) is 86.5. The van der Waals surface area contributed by atoms with Gasteiger partial charge in [-0.3, -0.25) is 62.3 Å². The standard InChI is InChI=1S/C74H97FN14O20/c1-9-44-31-48(108-8)22-23-49(44)45-20-18-43(19-21-45)30-54(65(100)81-52(63(77)98)26-29-109-57-17-12-14-39(2)40(57)3)82-66(101)55(33-60(96)97)83-67(102)56(37-90)84-68(103)61(41(4)91)87-71(106)73(6,34-46-15-10-11-16-50(46)75)88-69(104)62(42(5)92)86-58(93)36-79-64(99)53(24-25-59(94)95)85-72(107)74(7)27-13-28-89(74)70(105)51(76)32-47-35-78-38-80-47/h10-12,14-23,31,35,38,41-42,51-56,61-62,90-92H,9,13,24-30,32-34,36-37,76H2,1-8H3,(H2,77,98)(H,78,80)(H,79,99)(H,81,100)(H,82,101)(H,83,102)(H,84,103)(H,85,107)(H,86,93)(H,87,106)(H,88,104)(H,94,95)(H,96,97)/t41-,42-,51+,52+,53+,54+,55+,56+,61+,62+,73+,74+/m1/s1. The number of ether oxygens (including phenoxy) is 2. The van der Waals surface area contributed by atoms with Crippen molar-refractivity contribution in [2.24, 2.45) is 11.5 Å². The van der Waals surface area contributed by atoms with E-state index in [0.29, 0.717) is 35.6 Å². The number of aliphatic hydroxyl groups is 3. The summed E-state index contributed by atoms with van der Waals surface area (Å²) in [6.45, 7) is 7.97. The summed E-state index contributed by atoms with van der Waals surface area (Å²) in [5, 5.41) is 73.0. The van der Waals surface area contributed by atoms with E-state index in [1.165, 1.54) is 42.5 Å². The Kier molecular flexibility index (Phi) is 31.7. The minimum Gasteiger partial charge on any atom is -0.497 e. The molecule has 0 bridgehead atoms. The molecule has 2 heterocycles. The number of aromatic nitrogens is 2. The number of carbonyl (C=O) groups is 13. The third-order valence-electron chi connectivity index (χ3n) is 18.7. The van der Waals surface area contributed by atoms with Gasteiger partial charge in [-0.15, -0.1) is 0 Å². The van der Waals surface area contributed by atoms with Gasteiger partial charge in [0.1, 0.15) is 70.7 Å². The second-order valence-electron chi connectivity index (χ2n) is 27.0. The van der Waals surface area contributed by atoms with Gasteiger partial charge in [-0.1, -0.05) is 67.6 Å². The Morgan fingerprint density at radius 2 is 1.37 bits per heavy atom. The number of aliphatic carboxylic acids is 2. The molecule has 19 N–H and O–H groups in total. The topological polar surface area (TPSA) is 534 Å². The lowest BCUT2D eigenvalue weighted by Crippen LogP contribution is -2.67. The van der Waals surface area contributed by atoms with Crippen LogP contribution in [0, 0.1) is 19.7 Å². The number of aromatic amines is 1. The van der Waals surface area contributed by atoms with Crippen molar-refractivity contribution in [3.63, 3.8) is 0 Å². The molecule has 1 saturated heterocycles. The molecule has 34 nitrogen and oxygen atoms in total. The molecule has 1 aliphatic rings. The SMILES string of the molecule is CCc1cc(OC)ccc1-c1ccc(C[C@H](NC(=O)[C@H](CC(=O)O)NC(=O)[C@H](CO)NC(=O)[C@@H](NC(=O)[C@](C)(Cc2ccccc2F)NC(=O)[C@@H](NC(=O)CNC(=O)[C@H](CCC(=O)O)NC(=O)[C@]2(C)CCCN2C(=O)[C@@H](N)Cc2cnc[nH]2)[C@@H](C)O)[C@@H](C)O)C(=O)N[C@@H](CCOc2cccc(C)c2C)C(N)=O)cc1. The molecule has 109 heavy (non-hydrogen) atoms. The van der Waals surface area contributed by atoms with E-state index in [1.54, 1.807) is 49.6 Å². The number of nitrogens with two attached hydrogens (primary N) is 2. The average molecular weight is 1520 g/mol. The highest BCUT2D eigenvalue weighted by molar-refractivity contribution is 6.01. The lowest BCUT2D eigenvalue weighted by molar-refractivity contribution is -0.146. The van der Waals surface area contributed by atoms with E-state index < -0.39 is 193 Å². The van der Waals surface area contributed by atoms with Gasteiger partial charge in [-0.05, 0) is 130 Å². The second kappa shape index (κ2) is 40.0. The zero-order chi connectivity index (χ0) is 80.6. The average Bonchev–Trinajstić information content (AvgIpc) is 1.68. The van der Waals surface area contributed by atoms with E-state index in [9.17, 15) is 87.9 Å². The van der Waals surface area contributed by atoms with Gasteiger partial charge in [0.15, 0.2) is 0 Å². The number of likely N-dealkylation sites (tertiary alicyclic amines) is 1. The Hall–Kier alpha value is -11.4. The van der Waals surface area contributed by atoms with Crippen LogP contribution >= 0.6 is 0 Å². The molecule has 0 aliphatic carbocycles. The minimum absolute atomic E-state index is 0.0532. The molecule has 5 aromatic rings. The van der Waals surface area contributed by atoms with Crippen molar-refractivity contribution in [2.75, 3.05) is 33.4 Å². The number of hydrogen-bond acceptors (Lipinski definition) is 20. The maximum atomic E-state index is 15.5. The molecule has 1 aliphatic heterocycles. The van der Waals surface area contributed by atoms with Crippen LogP contribution in [0.4, 0.5) is 4.39 Å². The lowest BCUT2D eigenvalue weighted by Gasteiger charge is -2.36. The molecule has 35 heteroatoms. The number of H-pyrrole nitrogens is 1. The molecule has 0 unspecified atom stereocenters. The monoisotopic (exact) mass is 1520 g/mol. The third kappa shape index (κ3) is 24.3. The van der Waals surface area contributed by atoms with Crippen molar-refractivity contribution in [1.29, 1.82) is 0 Å². The first-order valence-corrected chi connectivity index (χ1v) is 35.2. The molecule has 1 aromatic heterocycles. The maximum Gasteiger partial charge on any atom is 0.305 e. The number of methoxy groups -OCH3 is 1. The summed E-state index contributed by atoms with van der Waals surface area (Å²) in [5.41, 5.74) is 13.2. The smallest absolute Gasteiger partial charge is 0.305 e. The fraction of sp³-hybridized carbons (Fsp3) is 0.459. The molecular weight excluding hydrogens is 1420 g/mol. The number of benzene rings is 4. The largest absolute Gasteiger partial charge is 0.497 e. The number of aliphatic hydroxyl groups excluding tert-OH is 3. The zero-order valence-electron chi connectivity index (χ0n) is 61.7. The van der Waals surface area contributed by atoms with Gasteiger partial charge in [-0.25, -0.2) is 9.37 Å². The van der Waals surface area contributed by atoms with Gasteiger partial charge in [0, 0.05) is 50.5 Å². The number of halogens is 1. The van der Waals surface area contributed by atoms with Gasteiger partial charge in [0.25, 0.3) is 0 Å². The highest BCUT2D eigenvalue weighted by Gasteiger charge is 2.48. The molecule has 11 amide bonds. The van der Waals surface area contributed by atoms with E-state index in [-0.39, 0.29) is 44.4 Å². The van der Waals surface area contributed by atoms with Crippen molar-refractivity contribution in [3.05, 3.63) is 137 Å². The number of carboxylic acids is 2. The van der Waals surface area contributed by atoms with Gasteiger partial charge >= 0.3 is 11.9 Å². The van der Waals surface area contributed by atoms with Crippen LogP contribution in [0.2, 0.25) is 0 Å². The van der Waals surface area contributed by atoms with Crippen LogP contribution in [0.1, 0.15) is 107 Å². The van der Waals surface area contributed by atoms with Gasteiger partial charge < -0.3 is 104 Å². The Balaban J connectivity index is 1.16. The zero-order valence-corrected chi connectivity index (χ0v) is 61.7. The van der Waals surface area contributed by atoms with Crippen LogP contribution in [-0.2, 0) is 88.0 Å². The number of nitrogens with one attached hydrogen (secondary N) is 10. The second-order valence-corrected chi connectivity index (χ2v) is 27.0. The first-order valence-electron chi connectivity index (χ1n) is 35.2. The normalized spacial score (nSPS) is 16.5. The maximum absolute atomic E-state index is 15.5. The van der Waals surface area contributed by atoms with Gasteiger partial charge in [0.2, 0.25) is 65.0 Å². The Morgan fingerprint density at radius 3 is 1.98 bits per heavy atom. The summed E-state index contributed by atoms with van der Waals surface area (Å²) in [6.07, 6.45) is -3.18. The van der Waals surface area contributed by atoms with Crippen LogP contribution in [-0.4, -0.2) is 222 Å². The number of hydrogen-bond donors (Lipinski definition) is 17. The molecule has 0 spiro atoms. The molecule has 12 atom stereocenters. The highest BCUT2D eigenvalue weighted by atomic mass is 19.1. The number of rotatable bonds is 41. The minimum atomic E-state index is -2.43. The number of primary amides is 1. The predicted octanol–water partition coefficient (Wildman–Crippen LogP) is -1.43. The van der Waals surface area contributed by atoms with E-state index >= 15 is 4.39 Å². The molecule has 1 fully saturated rings. The van der Waals surface area contributed by atoms with Crippen LogP contribution in [0.15, 0.2) is 97.5 Å². The third-order valence-corrected chi connectivity index (χ3v) is 18.7. The number of aryl methyl sites for hydroxylation is 2. The number of amides is 11. The molecular formula is C74H97FN14O20. The summed E-state index contributed by atoms with van der Waals surface area (Å²) >= 11 is 0. The summed E-state index contributed by atoms with van der Waals surface area (Å²) in [7, 11) is 1.54. The highest BCUT2D eigenvalue weighted by Crippen LogP contribution is 2.32. The first-order chi connectivity index (χ1) is 51.5. The predicted molar refractivity (Wildman–Crippen MR) is 389 cm³/mol. The van der Waals surface area contributed by atoms with Crippen molar-refractivity contribution in [1.82, 2.24) is 62.7 Å². The molecule has 6 rings (SSSR count). The number of nitrogens with zero attached hydrogens (tertiary/aromatic N) is 2. The Morgan fingerprint density at radius 1 is 0.725 bits per heavy atom. The van der Waals surface area contributed by atoms with E-state index in [0.717, 1.165) is 54.7 Å². The Bertz CT molecular complexity index is 4090. The van der Waals surface area contributed by atoms with Gasteiger partial charge in [-0.2, -0.15) is 0 Å². The van der Waals surface area contributed by atoms with Crippen molar-refractivity contribution >= 4 is 76.9 Å². The van der Waals surface area contributed by atoms with Crippen molar-refractivity contribution in [2.45, 2.75) is 184 Å². The fourth-order valence-corrected chi connectivity index (χ4v) is 12.1. The summed E-state index contributed by atoms with van der Waals surface area (Å²) < 4.78 is 26.8. The van der Waals surface area contributed by atoms with E-state index in [2.05, 4.69) is 57.8 Å². The summed E-state index contributed by atoms with van der Waals surface area (Å²) in [6, 6.07) is 8.67. The van der Waals surface area contributed by atoms with Crippen LogP contribution < -0.4 is 68.8 Å². The van der Waals surface area contributed by atoms with Crippen LogP contribution in [0.5, 0.6) is 11.5 Å². The van der Waals surface area contributed by atoms with Crippen molar-refractivity contribution < 1.29 is 102 Å². The van der Waals surface area contributed by atoms with Crippen LogP contribution in [0.3, 0.4) is 0 Å². The van der Waals surface area contributed by atoms with Crippen LogP contribution in [0.25, 0.3) is 11.1 Å². The fourth-order valence-electron chi connectivity index (χ4n) is 12.1. The van der Waals surface area contributed by atoms with E-state index in [4.69, 9.17) is 20.9 Å². The summed E-state index contributed by atoms with van der Waals surface area (Å²) in [4.78, 5) is 186. The molecule has 0 saturated carbocycles. The molecule has 4 aromatic carbocycles. The lowest BCUT2D eigenvalue weighted by atomic mass is 9.90. The number of imidazole rings is 1. The van der Waals surface area contributed by atoms with Gasteiger partial charge in [0.05, 0.1) is 57.9 Å². The number of carboxylic acid groups (broad SMARTS) is 2. The molecule has 590 valence electrons. The van der Waals surface area contributed by atoms with Crippen molar-refractivity contribution in [3.8, 4) is 22.6 Å². The van der Waals surface area contributed by atoms with E-state index in [1.807, 2.05) is 39.0 Å². The summed E-state index contributed by atoms with van der Waals surface area (Å²) in [5.74, 6) is -15.2. The quantitative estimate of drug-likeness (QED) is 0.0213. The number of carbonyl (C=O) groups excluding carboxylic acids is 11. The molecule has 0 radical (unpaired) electrons. The Labute approximate surface area is 627 Å².